The molecule has 0 bridgehead atoms. The number of pyridine rings is 1. The van der Waals surface area contributed by atoms with Crippen LogP contribution in [-0.2, 0) is 4.79 Å². The van der Waals surface area contributed by atoms with E-state index in [0.717, 1.165) is 11.9 Å². The van der Waals surface area contributed by atoms with Gasteiger partial charge in [-0.3, -0.25) is 9.59 Å². The average Bonchev–Trinajstić information content (AvgIpc) is 2.51. The Bertz CT molecular complexity index is 737. The molecule has 1 unspecified atom stereocenters. The van der Waals surface area contributed by atoms with E-state index < -0.39 is 29.3 Å². The van der Waals surface area contributed by atoms with E-state index in [9.17, 15) is 18.4 Å². The lowest BCUT2D eigenvalue weighted by atomic mass is 10.1. The van der Waals surface area contributed by atoms with Crippen LogP contribution >= 0.6 is 0 Å². The molecule has 22 heavy (non-hydrogen) atoms. The van der Waals surface area contributed by atoms with Gasteiger partial charge in [0, 0.05) is 11.8 Å². The number of aromatic nitrogens is 1. The van der Waals surface area contributed by atoms with Crippen LogP contribution in [0.5, 0.6) is 0 Å². The molecule has 5 nitrogen and oxygen atoms in total. The van der Waals surface area contributed by atoms with Gasteiger partial charge < -0.3 is 10.2 Å². The highest BCUT2D eigenvalue weighted by molar-refractivity contribution is 6.07. The van der Waals surface area contributed by atoms with Crippen molar-refractivity contribution in [3.8, 4) is 0 Å². The van der Waals surface area contributed by atoms with Gasteiger partial charge in [-0.1, -0.05) is 18.2 Å². The van der Waals surface area contributed by atoms with Crippen molar-refractivity contribution < 1.29 is 18.4 Å². The molecule has 2 amide bonds. The van der Waals surface area contributed by atoms with Gasteiger partial charge in [0.05, 0.1) is 12.7 Å². The molecule has 2 heterocycles. The Hall–Kier alpha value is -2.83. The quantitative estimate of drug-likeness (QED) is 0.874. The molecule has 112 valence electrons. The van der Waals surface area contributed by atoms with Crippen molar-refractivity contribution in [1.29, 1.82) is 0 Å². The Labute approximate surface area is 124 Å². The molecular formula is C15H11F2N3O2. The van der Waals surface area contributed by atoms with Crippen molar-refractivity contribution in [2.45, 2.75) is 6.04 Å². The van der Waals surface area contributed by atoms with Crippen LogP contribution in [0.15, 0.2) is 42.6 Å². The van der Waals surface area contributed by atoms with Gasteiger partial charge in [-0.05, 0) is 12.1 Å². The SMILES string of the molecule is O=C(NC1CN(c2ccccc2)C1=O)c1ncc(F)cc1F. The number of carbonyl (C=O) groups excluding carboxylic acids is 2. The molecule has 0 aliphatic carbocycles. The zero-order chi connectivity index (χ0) is 15.7. The minimum atomic E-state index is -1.07. The Balaban J connectivity index is 1.66. The predicted octanol–water partition coefficient (Wildman–Crippen LogP) is 1.50. The van der Waals surface area contributed by atoms with Crippen LogP contribution in [0.4, 0.5) is 14.5 Å². The van der Waals surface area contributed by atoms with Crippen LogP contribution in [0.2, 0.25) is 0 Å². The maximum atomic E-state index is 13.5. The minimum absolute atomic E-state index is 0.289. The van der Waals surface area contributed by atoms with Gasteiger partial charge in [0.1, 0.15) is 11.9 Å². The van der Waals surface area contributed by atoms with Crippen molar-refractivity contribution >= 4 is 17.5 Å². The molecule has 1 aromatic carbocycles. The Morgan fingerprint density at radius 2 is 2.00 bits per heavy atom. The zero-order valence-corrected chi connectivity index (χ0v) is 11.3. The van der Waals surface area contributed by atoms with Gasteiger partial charge in [0.2, 0.25) is 0 Å². The van der Waals surface area contributed by atoms with Crippen molar-refractivity contribution in [1.82, 2.24) is 10.3 Å². The van der Waals surface area contributed by atoms with Crippen LogP contribution in [-0.4, -0.2) is 29.4 Å². The van der Waals surface area contributed by atoms with Gasteiger partial charge in [0.15, 0.2) is 11.5 Å². The molecule has 0 radical (unpaired) electrons. The second-order valence-corrected chi connectivity index (χ2v) is 4.79. The number of halogens is 2. The molecule has 1 aliphatic heterocycles. The number of hydrogen-bond donors (Lipinski definition) is 1. The molecule has 7 heteroatoms. The van der Waals surface area contributed by atoms with Crippen molar-refractivity contribution in [3.05, 3.63) is 59.9 Å². The van der Waals surface area contributed by atoms with Crippen molar-refractivity contribution in [2.75, 3.05) is 11.4 Å². The number of benzene rings is 1. The standard InChI is InChI=1S/C15H11F2N3O2/c16-9-6-11(17)13(18-7-9)14(21)19-12-8-20(15(12)22)10-4-2-1-3-5-10/h1-7,12H,8H2,(H,19,21). The number of para-hydroxylation sites is 1. The van der Waals surface area contributed by atoms with E-state index in [2.05, 4.69) is 10.3 Å². The molecule has 2 aromatic rings. The molecular weight excluding hydrogens is 292 g/mol. The number of anilines is 1. The fourth-order valence-corrected chi connectivity index (χ4v) is 2.18. The normalized spacial score (nSPS) is 17.1. The smallest absolute Gasteiger partial charge is 0.273 e. The molecule has 1 saturated heterocycles. The van der Waals surface area contributed by atoms with Gasteiger partial charge in [0.25, 0.3) is 11.8 Å². The summed E-state index contributed by atoms with van der Waals surface area (Å²) in [4.78, 5) is 28.8. The first-order valence-electron chi connectivity index (χ1n) is 6.54. The molecule has 1 N–H and O–H groups in total. The fraction of sp³-hybridized carbons (Fsp3) is 0.133. The van der Waals surface area contributed by atoms with Gasteiger partial charge in [-0.25, -0.2) is 13.8 Å². The van der Waals surface area contributed by atoms with Crippen LogP contribution in [0.3, 0.4) is 0 Å². The number of hydrogen-bond acceptors (Lipinski definition) is 3. The minimum Gasteiger partial charge on any atom is -0.337 e. The summed E-state index contributed by atoms with van der Waals surface area (Å²) in [5.74, 6) is -3.07. The average molecular weight is 303 g/mol. The van der Waals surface area contributed by atoms with Crippen LogP contribution in [0, 0.1) is 11.6 Å². The molecule has 1 aromatic heterocycles. The predicted molar refractivity (Wildman–Crippen MR) is 74.2 cm³/mol. The van der Waals surface area contributed by atoms with Gasteiger partial charge in [-0.15, -0.1) is 0 Å². The Morgan fingerprint density at radius 3 is 2.64 bits per heavy atom. The maximum absolute atomic E-state index is 13.5. The lowest BCUT2D eigenvalue weighted by molar-refractivity contribution is -0.124. The molecule has 1 aliphatic rings. The Kier molecular flexibility index (Phi) is 3.54. The van der Waals surface area contributed by atoms with E-state index in [-0.39, 0.29) is 12.5 Å². The third-order valence-corrected chi connectivity index (χ3v) is 3.33. The zero-order valence-electron chi connectivity index (χ0n) is 11.3. The number of carbonyl (C=O) groups is 2. The van der Waals surface area contributed by atoms with Crippen LogP contribution in [0.25, 0.3) is 0 Å². The lowest BCUT2D eigenvalue weighted by Gasteiger charge is -2.38. The molecule has 0 spiro atoms. The summed E-state index contributed by atoms with van der Waals surface area (Å²) in [5.41, 5.74) is 0.191. The highest BCUT2D eigenvalue weighted by Crippen LogP contribution is 2.21. The summed E-state index contributed by atoms with van der Waals surface area (Å²) in [6.45, 7) is 0.289. The van der Waals surface area contributed by atoms with Crippen LogP contribution in [0.1, 0.15) is 10.5 Å². The third kappa shape index (κ3) is 2.52. The molecule has 1 fully saturated rings. The first-order valence-corrected chi connectivity index (χ1v) is 6.54. The van der Waals surface area contributed by atoms with E-state index in [1.807, 2.05) is 6.07 Å². The second-order valence-electron chi connectivity index (χ2n) is 4.79. The summed E-state index contributed by atoms with van der Waals surface area (Å²) in [6.07, 6.45) is 0.747. The maximum Gasteiger partial charge on any atom is 0.273 e. The summed E-state index contributed by atoms with van der Waals surface area (Å²) < 4.78 is 26.2. The van der Waals surface area contributed by atoms with E-state index >= 15 is 0 Å². The van der Waals surface area contributed by atoms with Gasteiger partial charge >= 0.3 is 0 Å². The first-order chi connectivity index (χ1) is 10.6. The summed E-state index contributed by atoms with van der Waals surface area (Å²) in [6, 6.07) is 8.81. The number of nitrogens with zero attached hydrogens (tertiary/aromatic N) is 2. The highest BCUT2D eigenvalue weighted by Gasteiger charge is 2.39. The lowest BCUT2D eigenvalue weighted by Crippen LogP contribution is -2.64. The summed E-state index contributed by atoms with van der Waals surface area (Å²) >= 11 is 0. The topological polar surface area (TPSA) is 62.3 Å². The van der Waals surface area contributed by atoms with Gasteiger partial charge in [-0.2, -0.15) is 0 Å². The number of nitrogens with one attached hydrogen (secondary N) is 1. The summed E-state index contributed by atoms with van der Waals surface area (Å²) in [5, 5.41) is 2.39. The van der Waals surface area contributed by atoms with Crippen molar-refractivity contribution in [3.63, 3.8) is 0 Å². The van der Waals surface area contributed by atoms with E-state index in [4.69, 9.17) is 0 Å². The fourth-order valence-electron chi connectivity index (χ4n) is 2.18. The highest BCUT2D eigenvalue weighted by atomic mass is 19.1. The largest absolute Gasteiger partial charge is 0.337 e. The Morgan fingerprint density at radius 1 is 1.27 bits per heavy atom. The molecule has 3 rings (SSSR count). The second kappa shape index (κ2) is 5.51. The van der Waals surface area contributed by atoms with Crippen LogP contribution < -0.4 is 10.2 Å². The molecule has 1 atom stereocenters. The monoisotopic (exact) mass is 303 g/mol. The summed E-state index contributed by atoms with van der Waals surface area (Å²) in [7, 11) is 0. The first kappa shape index (κ1) is 14.1. The third-order valence-electron chi connectivity index (χ3n) is 3.33. The van der Waals surface area contributed by atoms with E-state index in [1.54, 1.807) is 24.3 Å². The number of β-lactam (4-membered cyclic amide) rings is 1. The number of rotatable bonds is 3. The molecule has 0 saturated carbocycles. The van der Waals surface area contributed by atoms with E-state index in [1.165, 1.54) is 4.90 Å². The van der Waals surface area contributed by atoms with E-state index in [0.29, 0.717) is 6.07 Å². The van der Waals surface area contributed by atoms with Crippen molar-refractivity contribution in [2.24, 2.45) is 0 Å². The number of amides is 2.